The van der Waals surface area contributed by atoms with E-state index in [1.165, 1.54) is 11.0 Å². The van der Waals surface area contributed by atoms with Crippen molar-refractivity contribution in [1.29, 1.82) is 5.26 Å². The van der Waals surface area contributed by atoms with E-state index in [1.807, 2.05) is 20.8 Å². The van der Waals surface area contributed by atoms with E-state index in [2.05, 4.69) is 37.4 Å². The van der Waals surface area contributed by atoms with E-state index in [0.717, 1.165) is 31.2 Å². The number of alkyl carbamates (subject to hydrolysis) is 1. The smallest absolute Gasteiger partial charge is 0.407 e. The van der Waals surface area contributed by atoms with Gasteiger partial charge in [0.1, 0.15) is 13.4 Å². The third-order valence-corrected chi connectivity index (χ3v) is 3.96. The van der Waals surface area contributed by atoms with E-state index in [1.54, 1.807) is 0 Å². The van der Waals surface area contributed by atoms with Crippen LogP contribution < -0.4 is 10.8 Å². The van der Waals surface area contributed by atoms with Crippen LogP contribution in [0.1, 0.15) is 51.2 Å². The van der Waals surface area contributed by atoms with Gasteiger partial charge in [0, 0.05) is 6.54 Å². The molecule has 0 heterocycles. The van der Waals surface area contributed by atoms with E-state index in [-0.39, 0.29) is 11.5 Å². The predicted molar refractivity (Wildman–Crippen MR) is 93.7 cm³/mol. The summed E-state index contributed by atoms with van der Waals surface area (Å²) in [5.41, 5.74) is 2.86. The number of nitrogens with one attached hydrogen (secondary N) is 1. The molecule has 0 bridgehead atoms. The molecule has 1 N–H and O–H groups in total. The monoisotopic (exact) mass is 312 g/mol. The lowest BCUT2D eigenvalue weighted by atomic mass is 9.86. The third kappa shape index (κ3) is 5.02. The van der Waals surface area contributed by atoms with Crippen LogP contribution in [-0.4, -0.2) is 26.1 Å². The summed E-state index contributed by atoms with van der Waals surface area (Å²) in [5.74, 6) is 0. The van der Waals surface area contributed by atoms with Crippen LogP contribution in [0.25, 0.3) is 0 Å². The lowest BCUT2D eigenvalue weighted by molar-refractivity contribution is 0.0527. The van der Waals surface area contributed by atoms with Crippen LogP contribution in [0.3, 0.4) is 0 Å². The summed E-state index contributed by atoms with van der Waals surface area (Å²) in [4.78, 5) is 11.6. The van der Waals surface area contributed by atoms with E-state index in [0.29, 0.717) is 6.54 Å². The van der Waals surface area contributed by atoms with Crippen LogP contribution >= 0.6 is 0 Å². The number of nitriles is 1. The molecule has 0 unspecified atom stereocenters. The highest BCUT2D eigenvalue weighted by molar-refractivity contribution is 6.32. The number of benzene rings is 1. The highest BCUT2D eigenvalue weighted by atomic mass is 16.6. The molecule has 1 aromatic rings. The van der Waals surface area contributed by atoms with Crippen LogP contribution in [0, 0.1) is 11.3 Å². The van der Waals surface area contributed by atoms with Gasteiger partial charge in [0.2, 0.25) is 0 Å². The summed E-state index contributed by atoms with van der Waals surface area (Å²) in [6.07, 6.45) is 3.29. The Kier molecular flexibility index (Phi) is 5.04. The Hall–Kier alpha value is -1.96. The average molecular weight is 312 g/mol. The van der Waals surface area contributed by atoms with Crippen molar-refractivity contribution in [3.8, 4) is 6.07 Å². The number of carbonyl (C=O) groups excluding carboxylic acids is 1. The standard InChI is InChI=1S/C18H25BN2O2/c1-17(2,3)23-16(22)21-8-4-5-13-9-14(11-15(19)10-13)18(12-20)6-7-18/h9-11H,4-8,19H2,1-3H3,(H,21,22). The summed E-state index contributed by atoms with van der Waals surface area (Å²) in [6.45, 7) is 6.14. The van der Waals surface area contributed by atoms with Gasteiger partial charge in [0.05, 0.1) is 11.5 Å². The first-order valence-corrected chi connectivity index (χ1v) is 8.23. The normalized spacial score (nSPS) is 15.6. The largest absolute Gasteiger partial charge is 0.444 e. The predicted octanol–water partition coefficient (Wildman–Crippen LogP) is 1.96. The molecule has 0 spiro atoms. The van der Waals surface area contributed by atoms with Crippen molar-refractivity contribution in [3.05, 3.63) is 29.3 Å². The van der Waals surface area contributed by atoms with Gasteiger partial charge in [-0.15, -0.1) is 0 Å². The Balaban J connectivity index is 1.85. The maximum absolute atomic E-state index is 11.6. The molecule has 0 radical (unpaired) electrons. The number of ether oxygens (including phenoxy) is 1. The highest BCUT2D eigenvalue weighted by Gasteiger charge is 2.44. The topological polar surface area (TPSA) is 62.1 Å². The second kappa shape index (κ2) is 6.66. The molecule has 23 heavy (non-hydrogen) atoms. The zero-order valence-electron chi connectivity index (χ0n) is 14.5. The number of nitrogens with zero attached hydrogens (tertiary/aromatic N) is 1. The van der Waals surface area contributed by atoms with Gasteiger partial charge in [-0.1, -0.05) is 23.7 Å². The van der Waals surface area contributed by atoms with Crippen molar-refractivity contribution >= 4 is 19.4 Å². The first kappa shape index (κ1) is 17.4. The molecule has 0 aliphatic heterocycles. The fraction of sp³-hybridized carbons (Fsp3) is 0.556. The van der Waals surface area contributed by atoms with Crippen molar-refractivity contribution < 1.29 is 9.53 Å². The molecule has 0 atom stereocenters. The van der Waals surface area contributed by atoms with Gasteiger partial charge >= 0.3 is 6.09 Å². The van der Waals surface area contributed by atoms with Gasteiger partial charge in [-0.3, -0.25) is 0 Å². The van der Waals surface area contributed by atoms with Gasteiger partial charge in [-0.05, 0) is 57.6 Å². The molecule has 1 aliphatic carbocycles. The number of amides is 1. The van der Waals surface area contributed by atoms with E-state index >= 15 is 0 Å². The number of rotatable bonds is 5. The lowest BCUT2D eigenvalue weighted by Gasteiger charge is -2.19. The van der Waals surface area contributed by atoms with Gasteiger partial charge in [-0.25, -0.2) is 4.79 Å². The molecule has 4 nitrogen and oxygen atoms in total. The summed E-state index contributed by atoms with van der Waals surface area (Å²) >= 11 is 0. The fourth-order valence-corrected chi connectivity index (χ4v) is 2.67. The summed E-state index contributed by atoms with van der Waals surface area (Å²) < 4.78 is 5.21. The zero-order valence-corrected chi connectivity index (χ0v) is 14.5. The molecule has 5 heteroatoms. The minimum Gasteiger partial charge on any atom is -0.444 e. The minimum absolute atomic E-state index is 0.241. The fourth-order valence-electron chi connectivity index (χ4n) is 2.67. The third-order valence-electron chi connectivity index (χ3n) is 3.96. The minimum atomic E-state index is -0.467. The van der Waals surface area contributed by atoms with Gasteiger partial charge in [-0.2, -0.15) is 5.26 Å². The molecule has 122 valence electrons. The van der Waals surface area contributed by atoms with Crippen molar-refractivity contribution in [1.82, 2.24) is 5.32 Å². The Labute approximate surface area is 139 Å². The van der Waals surface area contributed by atoms with Crippen LogP contribution in [-0.2, 0) is 16.6 Å². The zero-order chi connectivity index (χ0) is 17.1. The average Bonchev–Trinajstić information content (AvgIpc) is 3.22. The van der Waals surface area contributed by atoms with Crippen LogP contribution in [0.15, 0.2) is 18.2 Å². The Bertz CT molecular complexity index is 625. The maximum atomic E-state index is 11.6. The van der Waals surface area contributed by atoms with Gasteiger partial charge < -0.3 is 10.1 Å². The molecular formula is C18H25BN2O2. The van der Waals surface area contributed by atoms with Crippen molar-refractivity contribution in [2.24, 2.45) is 0 Å². The summed E-state index contributed by atoms with van der Waals surface area (Å²) in [7, 11) is 2.07. The van der Waals surface area contributed by atoms with E-state index < -0.39 is 5.60 Å². The number of hydrogen-bond donors (Lipinski definition) is 1. The van der Waals surface area contributed by atoms with Gasteiger partial charge in [0.15, 0.2) is 0 Å². The highest BCUT2D eigenvalue weighted by Crippen LogP contribution is 2.47. The molecule has 1 fully saturated rings. The number of carbonyl (C=O) groups is 1. The quantitative estimate of drug-likeness (QED) is 0.668. The van der Waals surface area contributed by atoms with Crippen molar-refractivity contribution in [2.75, 3.05) is 6.54 Å². The molecule has 1 saturated carbocycles. The Morgan fingerprint density at radius 2 is 2.09 bits per heavy atom. The maximum Gasteiger partial charge on any atom is 0.407 e. The Morgan fingerprint density at radius 1 is 1.39 bits per heavy atom. The second-order valence-electron chi connectivity index (χ2n) is 7.43. The van der Waals surface area contributed by atoms with Crippen LogP contribution in [0.4, 0.5) is 4.79 Å². The van der Waals surface area contributed by atoms with Crippen molar-refractivity contribution in [2.45, 2.75) is 57.5 Å². The first-order valence-electron chi connectivity index (χ1n) is 8.23. The molecular weight excluding hydrogens is 287 g/mol. The van der Waals surface area contributed by atoms with Crippen LogP contribution in [0.2, 0.25) is 0 Å². The molecule has 0 aromatic heterocycles. The molecule has 1 amide bonds. The summed E-state index contributed by atoms with van der Waals surface area (Å²) in [5, 5.41) is 12.1. The van der Waals surface area contributed by atoms with E-state index in [4.69, 9.17) is 4.74 Å². The number of hydrogen-bond acceptors (Lipinski definition) is 3. The number of aryl methyl sites for hydroxylation is 1. The first-order chi connectivity index (χ1) is 10.7. The SMILES string of the molecule is Bc1cc(CCCNC(=O)OC(C)(C)C)cc(C2(C#N)CC2)c1. The summed E-state index contributed by atoms with van der Waals surface area (Å²) in [6, 6.07) is 8.88. The van der Waals surface area contributed by atoms with Crippen LogP contribution in [0.5, 0.6) is 0 Å². The Morgan fingerprint density at radius 3 is 2.65 bits per heavy atom. The van der Waals surface area contributed by atoms with Gasteiger partial charge in [0.25, 0.3) is 0 Å². The second-order valence-corrected chi connectivity index (χ2v) is 7.43. The van der Waals surface area contributed by atoms with E-state index in [9.17, 15) is 10.1 Å². The van der Waals surface area contributed by atoms with Crippen molar-refractivity contribution in [3.63, 3.8) is 0 Å². The molecule has 1 aliphatic rings. The molecule has 0 saturated heterocycles. The molecule has 2 rings (SSSR count). The lowest BCUT2D eigenvalue weighted by Crippen LogP contribution is -2.33. The molecule has 1 aromatic carbocycles.